The second-order valence-corrected chi connectivity index (χ2v) is 10.6. The second-order valence-electron chi connectivity index (χ2n) is 10.6. The van der Waals surface area contributed by atoms with Gasteiger partial charge in [-0.3, -0.25) is 19.6 Å². The van der Waals surface area contributed by atoms with E-state index < -0.39 is 0 Å². The summed E-state index contributed by atoms with van der Waals surface area (Å²) in [7, 11) is 0. The highest BCUT2D eigenvalue weighted by atomic mass is 16.6. The van der Waals surface area contributed by atoms with Gasteiger partial charge in [0, 0.05) is 68.5 Å². The fourth-order valence-electron chi connectivity index (χ4n) is 5.13. The summed E-state index contributed by atoms with van der Waals surface area (Å²) in [6.07, 6.45) is 1.66. The third kappa shape index (κ3) is 8.60. The lowest BCUT2D eigenvalue weighted by atomic mass is 10.1. The molecule has 2 saturated heterocycles. The molecule has 0 radical (unpaired) electrons. The van der Waals surface area contributed by atoms with E-state index in [0.29, 0.717) is 30.1 Å². The molecular weight excluding hydrogens is 518 g/mol. The quantitative estimate of drug-likeness (QED) is 0.422. The summed E-state index contributed by atoms with van der Waals surface area (Å²) in [6.45, 7) is 10.2. The van der Waals surface area contributed by atoms with Gasteiger partial charge in [0.25, 0.3) is 5.91 Å². The van der Waals surface area contributed by atoms with E-state index in [0.717, 1.165) is 76.7 Å². The molecule has 41 heavy (non-hydrogen) atoms. The third-order valence-electron chi connectivity index (χ3n) is 7.53. The van der Waals surface area contributed by atoms with E-state index in [1.165, 1.54) is 5.56 Å². The highest BCUT2D eigenvalue weighted by Gasteiger charge is 2.22. The Morgan fingerprint density at radius 3 is 2.32 bits per heavy atom. The maximum Gasteiger partial charge on any atom is 0.415 e. The SMILES string of the molecule is Cc1cccc(CCCN2CCN(C(=O)Oc3ccc(NC(=O)c4ccc(CN5CCOCC5)cc4)cc3)CC2)n1. The topological polar surface area (TPSA) is 87.2 Å². The predicted octanol–water partition coefficient (Wildman–Crippen LogP) is 4.22. The van der Waals surface area contributed by atoms with Gasteiger partial charge in [-0.2, -0.15) is 0 Å². The summed E-state index contributed by atoms with van der Waals surface area (Å²) in [5, 5.41) is 2.91. The van der Waals surface area contributed by atoms with Crippen LogP contribution in [0.5, 0.6) is 5.75 Å². The van der Waals surface area contributed by atoms with Crippen LogP contribution >= 0.6 is 0 Å². The molecular formula is C32H39N5O4. The Morgan fingerprint density at radius 2 is 1.61 bits per heavy atom. The molecule has 0 spiro atoms. The van der Waals surface area contributed by atoms with Crippen molar-refractivity contribution in [3.8, 4) is 5.75 Å². The van der Waals surface area contributed by atoms with Gasteiger partial charge < -0.3 is 19.7 Å². The number of aromatic nitrogens is 1. The molecule has 0 aliphatic carbocycles. The van der Waals surface area contributed by atoms with E-state index >= 15 is 0 Å². The first-order valence-corrected chi connectivity index (χ1v) is 14.4. The van der Waals surface area contributed by atoms with Crippen LogP contribution in [0.4, 0.5) is 10.5 Å². The Morgan fingerprint density at radius 1 is 0.878 bits per heavy atom. The number of nitrogens with one attached hydrogen (secondary N) is 1. The van der Waals surface area contributed by atoms with Crippen LogP contribution in [0.3, 0.4) is 0 Å². The first-order chi connectivity index (χ1) is 20.0. The van der Waals surface area contributed by atoms with E-state index in [9.17, 15) is 9.59 Å². The number of carbonyl (C=O) groups is 2. The van der Waals surface area contributed by atoms with Crippen LogP contribution in [-0.2, 0) is 17.7 Å². The molecule has 1 aromatic heterocycles. The van der Waals surface area contributed by atoms with Crippen molar-refractivity contribution in [3.05, 3.63) is 89.2 Å². The molecule has 0 atom stereocenters. The number of carbonyl (C=O) groups excluding carboxylic acids is 2. The van der Waals surface area contributed by atoms with Gasteiger partial charge in [0.2, 0.25) is 0 Å². The first kappa shape index (κ1) is 28.7. The van der Waals surface area contributed by atoms with Gasteiger partial charge in [0.05, 0.1) is 13.2 Å². The molecule has 3 aromatic rings. The van der Waals surface area contributed by atoms with E-state index in [4.69, 9.17) is 9.47 Å². The lowest BCUT2D eigenvalue weighted by Crippen LogP contribution is -2.49. The molecule has 2 amide bonds. The summed E-state index contributed by atoms with van der Waals surface area (Å²) in [4.78, 5) is 36.5. The van der Waals surface area contributed by atoms with Gasteiger partial charge in [-0.05, 0) is 80.4 Å². The van der Waals surface area contributed by atoms with Crippen molar-refractivity contribution in [1.82, 2.24) is 19.7 Å². The zero-order chi connectivity index (χ0) is 28.4. The maximum absolute atomic E-state index is 12.7. The molecule has 9 heteroatoms. The fourth-order valence-corrected chi connectivity index (χ4v) is 5.13. The molecule has 216 valence electrons. The molecule has 2 aromatic carbocycles. The Labute approximate surface area is 242 Å². The lowest BCUT2D eigenvalue weighted by molar-refractivity contribution is 0.0342. The smallest absolute Gasteiger partial charge is 0.410 e. The summed E-state index contributed by atoms with van der Waals surface area (Å²) >= 11 is 0. The number of pyridine rings is 1. The number of ether oxygens (including phenoxy) is 2. The van der Waals surface area contributed by atoms with Gasteiger partial charge in [-0.25, -0.2) is 4.79 Å². The zero-order valence-electron chi connectivity index (χ0n) is 23.8. The Kier molecular flexibility index (Phi) is 9.96. The molecule has 2 aliphatic heterocycles. The standard InChI is InChI=1S/C32H39N5O4/c1-25-4-2-5-28(33-25)6-3-15-35-16-18-37(19-17-35)32(39)41-30-13-11-29(12-14-30)34-31(38)27-9-7-26(8-10-27)24-36-20-22-40-23-21-36/h2,4-5,7-14H,3,6,15-24H2,1H3,(H,34,38). The van der Waals surface area contributed by atoms with Crippen molar-refractivity contribution in [2.45, 2.75) is 26.3 Å². The number of benzene rings is 2. The normalized spacial score (nSPS) is 16.4. The zero-order valence-corrected chi connectivity index (χ0v) is 23.8. The summed E-state index contributed by atoms with van der Waals surface area (Å²) in [5.74, 6) is 0.272. The van der Waals surface area contributed by atoms with Crippen molar-refractivity contribution in [2.75, 3.05) is 64.3 Å². The van der Waals surface area contributed by atoms with Crippen LogP contribution in [-0.4, -0.2) is 90.7 Å². The third-order valence-corrected chi connectivity index (χ3v) is 7.53. The van der Waals surface area contributed by atoms with Crippen molar-refractivity contribution < 1.29 is 19.1 Å². The van der Waals surface area contributed by atoms with E-state index in [-0.39, 0.29) is 12.0 Å². The van der Waals surface area contributed by atoms with Crippen LogP contribution in [0.15, 0.2) is 66.7 Å². The molecule has 2 aliphatic rings. The monoisotopic (exact) mass is 557 g/mol. The van der Waals surface area contributed by atoms with Crippen molar-refractivity contribution in [1.29, 1.82) is 0 Å². The molecule has 9 nitrogen and oxygen atoms in total. The van der Waals surface area contributed by atoms with Crippen LogP contribution in [0.25, 0.3) is 0 Å². The Hall–Kier alpha value is -3.79. The number of hydrogen-bond acceptors (Lipinski definition) is 7. The fraction of sp³-hybridized carbons (Fsp3) is 0.406. The number of anilines is 1. The lowest BCUT2D eigenvalue weighted by Gasteiger charge is -2.34. The number of piperazine rings is 1. The maximum atomic E-state index is 12.7. The largest absolute Gasteiger partial charge is 0.415 e. The highest BCUT2D eigenvalue weighted by molar-refractivity contribution is 6.04. The number of hydrogen-bond donors (Lipinski definition) is 1. The number of amides is 2. The van der Waals surface area contributed by atoms with Crippen LogP contribution in [0, 0.1) is 6.92 Å². The molecule has 0 unspecified atom stereocenters. The minimum Gasteiger partial charge on any atom is -0.410 e. The molecule has 0 saturated carbocycles. The van der Waals surface area contributed by atoms with Gasteiger partial charge in [0.1, 0.15) is 5.75 Å². The summed E-state index contributed by atoms with van der Waals surface area (Å²) in [6, 6.07) is 20.7. The van der Waals surface area contributed by atoms with E-state index in [1.54, 1.807) is 29.2 Å². The van der Waals surface area contributed by atoms with Crippen LogP contribution in [0.1, 0.15) is 33.7 Å². The summed E-state index contributed by atoms with van der Waals surface area (Å²) in [5.41, 5.74) is 4.59. The molecule has 3 heterocycles. The highest BCUT2D eigenvalue weighted by Crippen LogP contribution is 2.19. The predicted molar refractivity (Wildman–Crippen MR) is 158 cm³/mol. The van der Waals surface area contributed by atoms with E-state index in [1.807, 2.05) is 37.3 Å². The van der Waals surface area contributed by atoms with Gasteiger partial charge in [-0.1, -0.05) is 18.2 Å². The number of nitrogens with zero attached hydrogens (tertiary/aromatic N) is 4. The van der Waals surface area contributed by atoms with E-state index in [2.05, 4.69) is 32.2 Å². The Balaban J connectivity index is 1.02. The molecule has 0 bridgehead atoms. The van der Waals surface area contributed by atoms with Crippen molar-refractivity contribution >= 4 is 17.7 Å². The number of morpholine rings is 1. The second kappa shape index (κ2) is 14.2. The molecule has 2 fully saturated rings. The average Bonchev–Trinajstić information content (AvgIpc) is 2.99. The van der Waals surface area contributed by atoms with Crippen molar-refractivity contribution in [2.24, 2.45) is 0 Å². The number of rotatable bonds is 9. The van der Waals surface area contributed by atoms with Gasteiger partial charge in [0.15, 0.2) is 0 Å². The van der Waals surface area contributed by atoms with Crippen molar-refractivity contribution in [3.63, 3.8) is 0 Å². The minimum absolute atomic E-state index is 0.180. The van der Waals surface area contributed by atoms with Gasteiger partial charge in [-0.15, -0.1) is 0 Å². The minimum atomic E-state index is -0.345. The molecule has 5 rings (SSSR count). The average molecular weight is 558 g/mol. The van der Waals surface area contributed by atoms with Gasteiger partial charge >= 0.3 is 6.09 Å². The van der Waals surface area contributed by atoms with Crippen LogP contribution in [0.2, 0.25) is 0 Å². The number of aryl methyl sites for hydroxylation is 2. The first-order valence-electron chi connectivity index (χ1n) is 14.4. The Bertz CT molecular complexity index is 1280. The summed E-state index contributed by atoms with van der Waals surface area (Å²) < 4.78 is 11.0. The van der Waals surface area contributed by atoms with Crippen LogP contribution < -0.4 is 10.1 Å². The molecule has 1 N–H and O–H groups in total.